The average Bonchev–Trinajstić information content (AvgIpc) is 3.23. The monoisotopic (exact) mass is 431 g/mol. The Morgan fingerprint density at radius 2 is 1.84 bits per heavy atom. The van der Waals surface area contributed by atoms with Crippen LogP contribution < -0.4 is 14.8 Å². The Balaban J connectivity index is 1.31. The van der Waals surface area contributed by atoms with Crippen LogP contribution in [-0.2, 0) is 4.79 Å². The molecule has 4 aromatic rings. The van der Waals surface area contributed by atoms with Crippen LogP contribution in [0.5, 0.6) is 11.6 Å². The third-order valence-corrected chi connectivity index (χ3v) is 5.15. The fourth-order valence-corrected chi connectivity index (χ4v) is 3.19. The molecule has 1 unspecified atom stereocenters. The number of rotatable bonds is 8. The molecule has 1 amide bonds. The number of nitrogens with zero attached hydrogens (tertiary/aromatic N) is 4. The summed E-state index contributed by atoms with van der Waals surface area (Å²) in [5, 5.41) is 15.7. The van der Waals surface area contributed by atoms with Crippen molar-refractivity contribution in [2.75, 3.05) is 13.2 Å². The Morgan fingerprint density at radius 3 is 2.66 bits per heavy atom. The fourth-order valence-electron chi connectivity index (χ4n) is 3.19. The number of aromatic nitrogens is 4. The molecule has 0 spiro atoms. The average molecular weight is 431 g/mol. The molecule has 4 rings (SSSR count). The number of nitrogens with one attached hydrogen (secondary N) is 1. The first-order chi connectivity index (χ1) is 15.5. The number of hydrogen-bond donors (Lipinski definition) is 1. The van der Waals surface area contributed by atoms with Crippen LogP contribution in [0.25, 0.3) is 17.0 Å². The lowest BCUT2D eigenvalue weighted by molar-refractivity contribution is -0.127. The van der Waals surface area contributed by atoms with Gasteiger partial charge in [0.1, 0.15) is 12.4 Å². The zero-order chi connectivity index (χ0) is 22.5. The van der Waals surface area contributed by atoms with Gasteiger partial charge in [0.25, 0.3) is 5.91 Å². The molecular weight excluding hydrogens is 406 g/mol. The van der Waals surface area contributed by atoms with Crippen molar-refractivity contribution < 1.29 is 14.3 Å². The van der Waals surface area contributed by atoms with Gasteiger partial charge in [-0.25, -0.2) is 0 Å². The molecule has 1 N–H and O–H groups in total. The van der Waals surface area contributed by atoms with E-state index < -0.39 is 6.10 Å². The molecule has 0 fully saturated rings. The zero-order valence-corrected chi connectivity index (χ0v) is 18.3. The standard InChI is InChI=1S/C24H25N5O3/c1-16-8-7-11-20(17(16)2)32-18(3)24(30)25-14-15-31-22-13-12-21-26-27-23(29(21)28-22)19-9-5-4-6-10-19/h4-13,18H,14-15H2,1-3H3,(H,25,30). The van der Waals surface area contributed by atoms with E-state index in [4.69, 9.17) is 9.47 Å². The Morgan fingerprint density at radius 1 is 1.03 bits per heavy atom. The van der Waals surface area contributed by atoms with Gasteiger partial charge in [-0.1, -0.05) is 42.5 Å². The molecule has 32 heavy (non-hydrogen) atoms. The second kappa shape index (κ2) is 9.47. The molecule has 164 valence electrons. The number of benzene rings is 2. The van der Waals surface area contributed by atoms with Crippen molar-refractivity contribution in [3.8, 4) is 23.0 Å². The molecule has 2 heterocycles. The van der Waals surface area contributed by atoms with E-state index in [0.29, 0.717) is 29.6 Å². The summed E-state index contributed by atoms with van der Waals surface area (Å²) in [5.41, 5.74) is 3.69. The van der Waals surface area contributed by atoms with E-state index in [9.17, 15) is 4.79 Å². The van der Waals surface area contributed by atoms with Gasteiger partial charge in [0.15, 0.2) is 17.6 Å². The Kier molecular flexibility index (Phi) is 6.30. The molecule has 0 aliphatic rings. The summed E-state index contributed by atoms with van der Waals surface area (Å²) in [7, 11) is 0. The van der Waals surface area contributed by atoms with Crippen molar-refractivity contribution in [3.63, 3.8) is 0 Å². The molecule has 0 saturated carbocycles. The number of carbonyl (C=O) groups excluding carboxylic acids is 1. The molecule has 0 aliphatic heterocycles. The normalized spacial score (nSPS) is 11.8. The van der Waals surface area contributed by atoms with Crippen molar-refractivity contribution in [1.29, 1.82) is 0 Å². The van der Waals surface area contributed by atoms with Crippen LogP contribution in [0, 0.1) is 13.8 Å². The highest BCUT2D eigenvalue weighted by Crippen LogP contribution is 2.22. The quantitative estimate of drug-likeness (QED) is 0.430. The van der Waals surface area contributed by atoms with Crippen molar-refractivity contribution in [2.24, 2.45) is 0 Å². The predicted octanol–water partition coefficient (Wildman–Crippen LogP) is 3.37. The van der Waals surface area contributed by atoms with Gasteiger partial charge in [-0.05, 0) is 44.0 Å². The molecule has 0 bridgehead atoms. The van der Waals surface area contributed by atoms with Crippen molar-refractivity contribution in [3.05, 3.63) is 71.8 Å². The van der Waals surface area contributed by atoms with Crippen LogP contribution in [-0.4, -0.2) is 45.0 Å². The molecule has 1 atom stereocenters. The number of hydrogen-bond acceptors (Lipinski definition) is 6. The van der Waals surface area contributed by atoms with Gasteiger partial charge in [-0.2, -0.15) is 4.52 Å². The summed E-state index contributed by atoms with van der Waals surface area (Å²) in [6.45, 7) is 6.31. The summed E-state index contributed by atoms with van der Waals surface area (Å²) >= 11 is 0. The summed E-state index contributed by atoms with van der Waals surface area (Å²) in [6, 6.07) is 19.0. The molecule has 8 nitrogen and oxygen atoms in total. The Labute approximate surface area is 186 Å². The maximum atomic E-state index is 12.4. The highest BCUT2D eigenvalue weighted by atomic mass is 16.5. The lowest BCUT2D eigenvalue weighted by atomic mass is 10.1. The van der Waals surface area contributed by atoms with E-state index in [1.54, 1.807) is 23.6 Å². The highest BCUT2D eigenvalue weighted by Gasteiger charge is 2.16. The number of amides is 1. The van der Waals surface area contributed by atoms with Gasteiger partial charge >= 0.3 is 0 Å². The zero-order valence-electron chi connectivity index (χ0n) is 18.3. The van der Waals surface area contributed by atoms with E-state index in [0.717, 1.165) is 16.7 Å². The predicted molar refractivity (Wildman–Crippen MR) is 121 cm³/mol. The van der Waals surface area contributed by atoms with Crippen molar-refractivity contribution in [2.45, 2.75) is 26.9 Å². The van der Waals surface area contributed by atoms with E-state index >= 15 is 0 Å². The third-order valence-electron chi connectivity index (χ3n) is 5.15. The van der Waals surface area contributed by atoms with Gasteiger partial charge in [-0.3, -0.25) is 4.79 Å². The summed E-state index contributed by atoms with van der Waals surface area (Å²) in [6.07, 6.45) is -0.615. The van der Waals surface area contributed by atoms with Gasteiger partial charge < -0.3 is 14.8 Å². The topological polar surface area (TPSA) is 90.6 Å². The molecule has 2 aromatic heterocycles. The van der Waals surface area contributed by atoms with Crippen molar-refractivity contribution >= 4 is 11.6 Å². The van der Waals surface area contributed by atoms with Crippen LogP contribution in [0.4, 0.5) is 0 Å². The largest absolute Gasteiger partial charge is 0.481 e. The van der Waals surface area contributed by atoms with Crippen LogP contribution in [0.3, 0.4) is 0 Å². The molecule has 8 heteroatoms. The summed E-state index contributed by atoms with van der Waals surface area (Å²) in [4.78, 5) is 12.4. The maximum Gasteiger partial charge on any atom is 0.260 e. The Hall–Kier alpha value is -3.94. The second-order valence-electron chi connectivity index (χ2n) is 7.43. The summed E-state index contributed by atoms with van der Waals surface area (Å²) in [5.74, 6) is 1.56. The fraction of sp³-hybridized carbons (Fsp3) is 0.250. The van der Waals surface area contributed by atoms with Crippen LogP contribution >= 0.6 is 0 Å². The second-order valence-corrected chi connectivity index (χ2v) is 7.43. The molecule has 0 saturated heterocycles. The van der Waals surface area contributed by atoms with E-state index in [2.05, 4.69) is 20.6 Å². The third kappa shape index (κ3) is 4.69. The van der Waals surface area contributed by atoms with Gasteiger partial charge in [0.2, 0.25) is 5.88 Å². The number of carbonyl (C=O) groups is 1. The smallest absolute Gasteiger partial charge is 0.260 e. The first-order valence-electron chi connectivity index (χ1n) is 10.4. The number of fused-ring (bicyclic) bond motifs is 1. The van der Waals surface area contributed by atoms with Gasteiger partial charge in [-0.15, -0.1) is 15.3 Å². The van der Waals surface area contributed by atoms with E-state index in [1.165, 1.54) is 0 Å². The molecule has 0 aliphatic carbocycles. The lowest BCUT2D eigenvalue weighted by Crippen LogP contribution is -2.38. The van der Waals surface area contributed by atoms with Gasteiger partial charge in [0.05, 0.1) is 6.54 Å². The highest BCUT2D eigenvalue weighted by molar-refractivity contribution is 5.80. The number of ether oxygens (including phenoxy) is 2. The minimum Gasteiger partial charge on any atom is -0.481 e. The SMILES string of the molecule is Cc1cccc(OC(C)C(=O)NCCOc2ccc3nnc(-c4ccccc4)n3n2)c1C. The first kappa shape index (κ1) is 21.3. The minimum atomic E-state index is -0.615. The van der Waals surface area contributed by atoms with Crippen LogP contribution in [0.2, 0.25) is 0 Å². The molecular formula is C24H25N5O3. The lowest BCUT2D eigenvalue weighted by Gasteiger charge is -2.17. The molecule has 0 radical (unpaired) electrons. The first-order valence-corrected chi connectivity index (χ1v) is 10.4. The van der Waals surface area contributed by atoms with Crippen LogP contribution in [0.15, 0.2) is 60.7 Å². The molecule has 2 aromatic carbocycles. The van der Waals surface area contributed by atoms with Gasteiger partial charge in [0, 0.05) is 11.6 Å². The van der Waals surface area contributed by atoms with Crippen molar-refractivity contribution in [1.82, 2.24) is 25.1 Å². The maximum absolute atomic E-state index is 12.4. The van der Waals surface area contributed by atoms with Crippen LogP contribution in [0.1, 0.15) is 18.1 Å². The van der Waals surface area contributed by atoms with E-state index in [-0.39, 0.29) is 12.5 Å². The summed E-state index contributed by atoms with van der Waals surface area (Å²) < 4.78 is 13.2. The Bertz CT molecular complexity index is 1220. The minimum absolute atomic E-state index is 0.205. The van der Waals surface area contributed by atoms with E-state index in [1.807, 2.05) is 62.4 Å². The number of aryl methyl sites for hydroxylation is 1.